The number of carbonyl (C=O) groups excluding carboxylic acids is 1. The Hall–Kier alpha value is -3.55. The zero-order valence-electron chi connectivity index (χ0n) is 17.2. The quantitative estimate of drug-likeness (QED) is 0.507. The van der Waals surface area contributed by atoms with Gasteiger partial charge in [0.25, 0.3) is 5.91 Å². The van der Waals surface area contributed by atoms with Crippen molar-refractivity contribution >= 4 is 22.6 Å². The highest BCUT2D eigenvalue weighted by Crippen LogP contribution is 2.24. The van der Waals surface area contributed by atoms with E-state index in [0.29, 0.717) is 28.8 Å². The molecule has 4 rings (SSSR count). The Morgan fingerprint density at radius 1 is 1.30 bits per heavy atom. The van der Waals surface area contributed by atoms with Gasteiger partial charge < -0.3 is 9.73 Å². The topological polar surface area (TPSA) is 85.8 Å². The Kier molecular flexibility index (Phi) is 5.07. The van der Waals surface area contributed by atoms with Crippen LogP contribution in [-0.2, 0) is 0 Å². The number of aryl methyl sites for hydroxylation is 2. The Bertz CT molecular complexity index is 1240. The van der Waals surface area contributed by atoms with Gasteiger partial charge in [0.1, 0.15) is 11.5 Å². The molecule has 0 aliphatic rings. The predicted octanol–water partition coefficient (Wildman–Crippen LogP) is 4.93. The van der Waals surface area contributed by atoms with E-state index >= 15 is 0 Å². The molecule has 30 heavy (non-hydrogen) atoms. The first-order valence-electron chi connectivity index (χ1n) is 9.76. The van der Waals surface area contributed by atoms with E-state index in [1.807, 2.05) is 12.3 Å². The fraction of sp³-hybridized carbons (Fsp3) is 0.273. The highest BCUT2D eigenvalue weighted by Gasteiger charge is 2.17. The molecule has 4 aromatic rings. The molecule has 1 unspecified atom stereocenters. The molecule has 1 amide bonds. The zero-order chi connectivity index (χ0) is 21.4. The van der Waals surface area contributed by atoms with Crippen molar-refractivity contribution in [3.05, 3.63) is 65.4 Å². The second-order valence-corrected chi connectivity index (χ2v) is 7.33. The standard InChI is InChI=1S/C22H22FN5O2/c1-5-12(2)15-8-16-11-28(27-21(16)24-10-15)19-9-17(6-7-18(19)23)26-22(29)20-13(3)25-14(4)30-20/h6-12H,5H2,1-4H3,(H,26,29). The van der Waals surface area contributed by atoms with Crippen molar-refractivity contribution < 1.29 is 13.6 Å². The van der Waals surface area contributed by atoms with Crippen LogP contribution in [0.1, 0.15) is 53.9 Å². The summed E-state index contributed by atoms with van der Waals surface area (Å²) >= 11 is 0. The van der Waals surface area contributed by atoms with Crippen LogP contribution in [0.4, 0.5) is 10.1 Å². The van der Waals surface area contributed by atoms with Gasteiger partial charge in [0.2, 0.25) is 5.76 Å². The third-order valence-electron chi connectivity index (χ3n) is 5.12. The minimum Gasteiger partial charge on any atom is -0.436 e. The number of hydrogen-bond acceptors (Lipinski definition) is 5. The summed E-state index contributed by atoms with van der Waals surface area (Å²) < 4.78 is 21.3. The number of halogens is 1. The van der Waals surface area contributed by atoms with Crippen molar-refractivity contribution in [3.8, 4) is 5.69 Å². The van der Waals surface area contributed by atoms with E-state index < -0.39 is 11.7 Å². The van der Waals surface area contributed by atoms with Gasteiger partial charge in [-0.2, -0.15) is 0 Å². The van der Waals surface area contributed by atoms with E-state index in [9.17, 15) is 9.18 Å². The second-order valence-electron chi connectivity index (χ2n) is 7.33. The molecule has 3 aromatic heterocycles. The number of hydrogen-bond donors (Lipinski definition) is 1. The number of aromatic nitrogens is 4. The van der Waals surface area contributed by atoms with Crippen LogP contribution < -0.4 is 5.32 Å². The van der Waals surface area contributed by atoms with Crippen LogP contribution in [0.15, 0.2) is 41.1 Å². The van der Waals surface area contributed by atoms with E-state index in [1.54, 1.807) is 20.0 Å². The molecule has 1 N–H and O–H groups in total. The molecule has 1 aromatic carbocycles. The first-order valence-corrected chi connectivity index (χ1v) is 9.76. The predicted molar refractivity (Wildman–Crippen MR) is 111 cm³/mol. The van der Waals surface area contributed by atoms with Gasteiger partial charge in [0, 0.05) is 30.4 Å². The van der Waals surface area contributed by atoms with Gasteiger partial charge in [-0.25, -0.2) is 19.0 Å². The molecule has 0 saturated heterocycles. The molecule has 0 spiro atoms. The van der Waals surface area contributed by atoms with Crippen LogP contribution >= 0.6 is 0 Å². The maximum absolute atomic E-state index is 14.6. The lowest BCUT2D eigenvalue weighted by atomic mass is 10.0. The lowest BCUT2D eigenvalue weighted by molar-refractivity contribution is 0.0994. The number of benzene rings is 1. The minimum atomic E-state index is -0.463. The van der Waals surface area contributed by atoms with Crippen LogP contribution in [-0.4, -0.2) is 25.7 Å². The molecule has 1 atom stereocenters. The molecule has 154 valence electrons. The monoisotopic (exact) mass is 407 g/mol. The number of anilines is 1. The number of amides is 1. The van der Waals surface area contributed by atoms with Crippen molar-refractivity contribution in [1.29, 1.82) is 0 Å². The SMILES string of the molecule is CCC(C)c1cnc2nn(-c3cc(NC(=O)c4oc(C)nc4C)ccc3F)cc2c1. The van der Waals surface area contributed by atoms with Crippen molar-refractivity contribution in [1.82, 2.24) is 19.7 Å². The molecule has 0 saturated carbocycles. The molecule has 0 bridgehead atoms. The Morgan fingerprint density at radius 3 is 2.80 bits per heavy atom. The Morgan fingerprint density at radius 2 is 2.10 bits per heavy atom. The Labute approximate surface area is 172 Å². The number of rotatable bonds is 5. The van der Waals surface area contributed by atoms with Crippen LogP contribution in [0.5, 0.6) is 0 Å². The summed E-state index contributed by atoms with van der Waals surface area (Å²) in [7, 11) is 0. The van der Waals surface area contributed by atoms with Crippen LogP contribution in [0, 0.1) is 19.7 Å². The van der Waals surface area contributed by atoms with Crippen molar-refractivity contribution in [2.45, 2.75) is 40.0 Å². The molecular weight excluding hydrogens is 385 g/mol. The van der Waals surface area contributed by atoms with E-state index in [2.05, 4.69) is 34.2 Å². The van der Waals surface area contributed by atoms with E-state index in [0.717, 1.165) is 17.4 Å². The van der Waals surface area contributed by atoms with Gasteiger partial charge >= 0.3 is 0 Å². The molecule has 8 heteroatoms. The van der Waals surface area contributed by atoms with Crippen LogP contribution in [0.25, 0.3) is 16.7 Å². The maximum atomic E-state index is 14.6. The van der Waals surface area contributed by atoms with Gasteiger partial charge in [-0.3, -0.25) is 4.79 Å². The number of oxazole rings is 1. The van der Waals surface area contributed by atoms with Crippen LogP contribution in [0.3, 0.4) is 0 Å². The van der Waals surface area contributed by atoms with Gasteiger partial charge in [0.05, 0.1) is 5.69 Å². The van der Waals surface area contributed by atoms with Gasteiger partial charge in [0.15, 0.2) is 11.5 Å². The average molecular weight is 407 g/mol. The van der Waals surface area contributed by atoms with Gasteiger partial charge in [-0.05, 0) is 49.1 Å². The first-order chi connectivity index (χ1) is 14.4. The molecule has 3 heterocycles. The molecule has 7 nitrogen and oxygen atoms in total. The fourth-order valence-corrected chi connectivity index (χ4v) is 3.26. The summed E-state index contributed by atoms with van der Waals surface area (Å²) in [6, 6.07) is 6.32. The number of carbonyl (C=O) groups is 1. The maximum Gasteiger partial charge on any atom is 0.293 e. The highest BCUT2D eigenvalue weighted by atomic mass is 19.1. The largest absolute Gasteiger partial charge is 0.436 e. The third-order valence-corrected chi connectivity index (χ3v) is 5.12. The van der Waals surface area contributed by atoms with Crippen molar-refractivity contribution in [2.24, 2.45) is 0 Å². The van der Waals surface area contributed by atoms with E-state index in [1.165, 1.54) is 22.9 Å². The summed E-state index contributed by atoms with van der Waals surface area (Å²) in [6.45, 7) is 7.62. The zero-order valence-corrected chi connectivity index (χ0v) is 17.2. The summed E-state index contributed by atoms with van der Waals surface area (Å²) in [4.78, 5) is 21.0. The fourth-order valence-electron chi connectivity index (χ4n) is 3.26. The molecule has 0 radical (unpaired) electrons. The number of pyridine rings is 1. The second kappa shape index (κ2) is 7.70. The normalized spacial score (nSPS) is 12.3. The number of fused-ring (bicyclic) bond motifs is 1. The van der Waals surface area contributed by atoms with Crippen molar-refractivity contribution in [2.75, 3.05) is 5.32 Å². The lowest BCUT2D eigenvalue weighted by Gasteiger charge is -2.08. The number of nitrogens with one attached hydrogen (secondary N) is 1. The van der Waals surface area contributed by atoms with Gasteiger partial charge in [-0.1, -0.05) is 13.8 Å². The van der Waals surface area contributed by atoms with Gasteiger partial charge in [-0.15, -0.1) is 5.10 Å². The average Bonchev–Trinajstić information content (AvgIpc) is 3.30. The lowest BCUT2D eigenvalue weighted by Crippen LogP contribution is -2.13. The summed E-state index contributed by atoms with van der Waals surface area (Å²) in [5, 5.41) is 7.94. The molecule has 0 aliphatic heterocycles. The highest BCUT2D eigenvalue weighted by molar-refractivity contribution is 6.03. The Balaban J connectivity index is 1.66. The minimum absolute atomic E-state index is 0.130. The summed E-state index contributed by atoms with van der Waals surface area (Å²) in [5.41, 5.74) is 2.76. The summed E-state index contributed by atoms with van der Waals surface area (Å²) in [5.74, 6) is 0.00409. The molecule has 0 aliphatic carbocycles. The third kappa shape index (κ3) is 3.68. The first kappa shape index (κ1) is 19.8. The molecule has 0 fully saturated rings. The smallest absolute Gasteiger partial charge is 0.293 e. The van der Waals surface area contributed by atoms with Crippen molar-refractivity contribution in [3.63, 3.8) is 0 Å². The summed E-state index contributed by atoms with van der Waals surface area (Å²) in [6.07, 6.45) is 4.55. The molecular formula is C22H22FN5O2. The van der Waals surface area contributed by atoms with Crippen LogP contribution in [0.2, 0.25) is 0 Å². The van der Waals surface area contributed by atoms with E-state index in [4.69, 9.17) is 4.42 Å². The van der Waals surface area contributed by atoms with E-state index in [-0.39, 0.29) is 11.4 Å². The number of nitrogens with zero attached hydrogens (tertiary/aromatic N) is 4.